The van der Waals surface area contributed by atoms with Crippen molar-refractivity contribution in [2.24, 2.45) is 5.10 Å². The molecule has 0 saturated carbocycles. The Kier molecular flexibility index (Phi) is 4.38. The van der Waals surface area contributed by atoms with Crippen molar-refractivity contribution in [3.05, 3.63) is 64.2 Å². The lowest BCUT2D eigenvalue weighted by Gasteiger charge is -2.01. The van der Waals surface area contributed by atoms with Crippen LogP contribution < -0.4 is 5.43 Å². The van der Waals surface area contributed by atoms with E-state index in [0.717, 1.165) is 5.56 Å². The first-order valence-electron chi connectivity index (χ1n) is 5.95. The Labute approximate surface area is 121 Å². The van der Waals surface area contributed by atoms with Crippen molar-refractivity contribution in [2.75, 3.05) is 0 Å². The molecule has 20 heavy (non-hydrogen) atoms. The van der Waals surface area contributed by atoms with E-state index in [1.807, 2.05) is 13.0 Å². The predicted octanol–water partition coefficient (Wildman–Crippen LogP) is 3.12. The molecule has 0 aliphatic carbocycles. The van der Waals surface area contributed by atoms with Crippen molar-refractivity contribution in [3.8, 4) is 5.75 Å². The van der Waals surface area contributed by atoms with E-state index in [1.165, 1.54) is 6.21 Å². The molecule has 0 unspecified atom stereocenters. The third-order valence-corrected chi connectivity index (χ3v) is 2.91. The molecule has 5 heteroatoms. The van der Waals surface area contributed by atoms with E-state index in [0.29, 0.717) is 16.1 Å². The smallest absolute Gasteiger partial charge is 0.271 e. The predicted molar refractivity (Wildman–Crippen MR) is 79.4 cm³/mol. The van der Waals surface area contributed by atoms with Gasteiger partial charge in [-0.3, -0.25) is 4.79 Å². The average Bonchev–Trinajstić information content (AvgIpc) is 2.42. The van der Waals surface area contributed by atoms with Gasteiger partial charge in [-0.2, -0.15) is 5.10 Å². The van der Waals surface area contributed by atoms with Crippen molar-refractivity contribution in [2.45, 2.75) is 6.92 Å². The van der Waals surface area contributed by atoms with Crippen LogP contribution in [-0.2, 0) is 0 Å². The highest BCUT2D eigenvalue weighted by Crippen LogP contribution is 2.16. The summed E-state index contributed by atoms with van der Waals surface area (Å²) in [6.45, 7) is 1.88. The van der Waals surface area contributed by atoms with Gasteiger partial charge in [0.15, 0.2) is 0 Å². The van der Waals surface area contributed by atoms with Crippen LogP contribution in [0, 0.1) is 6.92 Å². The van der Waals surface area contributed by atoms with Gasteiger partial charge in [0.25, 0.3) is 5.91 Å². The molecule has 0 radical (unpaired) electrons. The number of hydrogen-bond acceptors (Lipinski definition) is 3. The van der Waals surface area contributed by atoms with Crippen LogP contribution in [-0.4, -0.2) is 17.2 Å². The summed E-state index contributed by atoms with van der Waals surface area (Å²) in [6, 6.07) is 11.7. The second kappa shape index (κ2) is 6.21. The number of aryl methyl sites for hydroxylation is 1. The monoisotopic (exact) mass is 288 g/mol. The van der Waals surface area contributed by atoms with Crippen molar-refractivity contribution in [1.82, 2.24) is 5.43 Å². The van der Waals surface area contributed by atoms with Crippen molar-refractivity contribution in [1.29, 1.82) is 0 Å². The van der Waals surface area contributed by atoms with Crippen molar-refractivity contribution in [3.63, 3.8) is 0 Å². The molecule has 0 aliphatic heterocycles. The van der Waals surface area contributed by atoms with Crippen LogP contribution in [0.2, 0.25) is 5.02 Å². The third kappa shape index (κ3) is 3.59. The summed E-state index contributed by atoms with van der Waals surface area (Å²) in [5, 5.41) is 14.1. The van der Waals surface area contributed by atoms with Gasteiger partial charge >= 0.3 is 0 Å². The lowest BCUT2D eigenvalue weighted by molar-refractivity contribution is 0.0955. The SMILES string of the molecule is Cc1ccc(/C=N\NC(=O)c2ccc(Cl)cc2)c(O)c1. The Morgan fingerprint density at radius 3 is 2.60 bits per heavy atom. The summed E-state index contributed by atoms with van der Waals surface area (Å²) in [5.41, 5.74) is 4.33. The molecule has 0 fully saturated rings. The number of hydrogen-bond donors (Lipinski definition) is 2. The number of rotatable bonds is 3. The fourth-order valence-electron chi connectivity index (χ4n) is 1.59. The Morgan fingerprint density at radius 2 is 1.95 bits per heavy atom. The number of halogens is 1. The fraction of sp³-hybridized carbons (Fsp3) is 0.0667. The Bertz CT molecular complexity index is 651. The number of hydrazone groups is 1. The molecule has 0 heterocycles. The number of carbonyl (C=O) groups excluding carboxylic acids is 1. The summed E-state index contributed by atoms with van der Waals surface area (Å²) in [5.74, 6) is -0.223. The number of nitrogens with zero attached hydrogens (tertiary/aromatic N) is 1. The normalized spacial score (nSPS) is 10.7. The number of phenolic OH excluding ortho intramolecular Hbond substituents is 1. The van der Waals surface area contributed by atoms with Crippen LogP contribution in [0.5, 0.6) is 5.75 Å². The first-order valence-corrected chi connectivity index (χ1v) is 6.32. The van der Waals surface area contributed by atoms with Gasteiger partial charge in [-0.05, 0) is 48.9 Å². The first kappa shape index (κ1) is 14.1. The van der Waals surface area contributed by atoms with Crippen LogP contribution in [0.3, 0.4) is 0 Å². The summed E-state index contributed by atoms with van der Waals surface area (Å²) in [6.07, 6.45) is 1.39. The maximum absolute atomic E-state index is 11.8. The lowest BCUT2D eigenvalue weighted by atomic mass is 10.1. The number of carbonyl (C=O) groups is 1. The number of amides is 1. The van der Waals surface area contributed by atoms with E-state index >= 15 is 0 Å². The van der Waals surface area contributed by atoms with E-state index in [9.17, 15) is 9.90 Å². The molecule has 0 bridgehead atoms. The molecule has 0 spiro atoms. The Balaban J connectivity index is 2.02. The van der Waals surface area contributed by atoms with Crippen molar-refractivity contribution < 1.29 is 9.90 Å². The minimum absolute atomic E-state index is 0.120. The van der Waals surface area contributed by atoms with E-state index in [-0.39, 0.29) is 11.7 Å². The average molecular weight is 289 g/mol. The number of benzene rings is 2. The molecular weight excluding hydrogens is 276 g/mol. The van der Waals surface area contributed by atoms with E-state index < -0.39 is 0 Å². The lowest BCUT2D eigenvalue weighted by Crippen LogP contribution is -2.17. The molecule has 0 saturated heterocycles. The van der Waals surface area contributed by atoms with E-state index in [2.05, 4.69) is 10.5 Å². The highest BCUT2D eigenvalue weighted by Gasteiger charge is 2.03. The van der Waals surface area contributed by atoms with Gasteiger partial charge in [0.2, 0.25) is 0 Å². The molecule has 102 valence electrons. The molecule has 2 N–H and O–H groups in total. The van der Waals surface area contributed by atoms with E-state index in [1.54, 1.807) is 36.4 Å². The highest BCUT2D eigenvalue weighted by atomic mass is 35.5. The summed E-state index contributed by atoms with van der Waals surface area (Å²) in [4.78, 5) is 11.8. The number of aromatic hydroxyl groups is 1. The van der Waals surface area contributed by atoms with Gasteiger partial charge in [0, 0.05) is 16.1 Å². The summed E-state index contributed by atoms with van der Waals surface area (Å²) < 4.78 is 0. The zero-order valence-electron chi connectivity index (χ0n) is 10.8. The van der Waals surface area contributed by atoms with Crippen molar-refractivity contribution >= 4 is 23.7 Å². The minimum atomic E-state index is -0.343. The summed E-state index contributed by atoms with van der Waals surface area (Å²) in [7, 11) is 0. The van der Waals surface area contributed by atoms with E-state index in [4.69, 9.17) is 11.6 Å². The topological polar surface area (TPSA) is 61.7 Å². The quantitative estimate of drug-likeness (QED) is 0.673. The van der Waals surface area contributed by atoms with Gasteiger partial charge in [-0.25, -0.2) is 5.43 Å². The van der Waals surface area contributed by atoms with Crippen LogP contribution in [0.15, 0.2) is 47.6 Å². The molecule has 0 atom stereocenters. The maximum Gasteiger partial charge on any atom is 0.271 e. The molecule has 2 rings (SSSR count). The van der Waals surface area contributed by atoms with Crippen LogP contribution in [0.4, 0.5) is 0 Å². The van der Waals surface area contributed by atoms with Crippen LogP contribution in [0.1, 0.15) is 21.5 Å². The van der Waals surface area contributed by atoms with Gasteiger partial charge in [0.05, 0.1) is 6.21 Å². The zero-order valence-corrected chi connectivity index (χ0v) is 11.6. The van der Waals surface area contributed by atoms with Gasteiger partial charge in [-0.15, -0.1) is 0 Å². The largest absolute Gasteiger partial charge is 0.507 e. The molecule has 0 aromatic heterocycles. The highest BCUT2D eigenvalue weighted by molar-refractivity contribution is 6.30. The third-order valence-electron chi connectivity index (χ3n) is 2.66. The number of phenols is 1. The second-order valence-corrected chi connectivity index (χ2v) is 4.70. The molecule has 0 aliphatic rings. The minimum Gasteiger partial charge on any atom is -0.507 e. The van der Waals surface area contributed by atoms with Gasteiger partial charge in [-0.1, -0.05) is 17.7 Å². The Morgan fingerprint density at radius 1 is 1.25 bits per heavy atom. The molecule has 2 aromatic carbocycles. The standard InChI is InChI=1S/C15H13ClN2O2/c1-10-2-3-12(14(19)8-10)9-17-18-15(20)11-4-6-13(16)7-5-11/h2-9,19H,1H3,(H,18,20)/b17-9-. The van der Waals surface area contributed by atoms with Gasteiger partial charge < -0.3 is 5.11 Å². The molecule has 2 aromatic rings. The fourth-order valence-corrected chi connectivity index (χ4v) is 1.72. The number of nitrogens with one attached hydrogen (secondary N) is 1. The van der Waals surface area contributed by atoms with Gasteiger partial charge in [0.1, 0.15) is 5.75 Å². The second-order valence-electron chi connectivity index (χ2n) is 4.27. The zero-order chi connectivity index (χ0) is 14.5. The van der Waals surface area contributed by atoms with Crippen LogP contribution in [0.25, 0.3) is 0 Å². The molecule has 4 nitrogen and oxygen atoms in total. The maximum atomic E-state index is 11.8. The van der Waals surface area contributed by atoms with Crippen LogP contribution >= 0.6 is 11.6 Å². The first-order chi connectivity index (χ1) is 9.56. The molecule has 1 amide bonds. The molecular formula is C15H13ClN2O2. The Hall–Kier alpha value is -2.33. The summed E-state index contributed by atoms with van der Waals surface area (Å²) >= 11 is 5.74.